The molecular weight excluding hydrogens is 170 g/mol. The van der Waals surface area contributed by atoms with E-state index < -0.39 is 0 Å². The first-order valence-electron chi connectivity index (χ1n) is 4.44. The van der Waals surface area contributed by atoms with Gasteiger partial charge in [0.2, 0.25) is 5.91 Å². The summed E-state index contributed by atoms with van der Waals surface area (Å²) in [4.78, 5) is 10.7. The maximum Gasteiger partial charge on any atom is 0.233 e. The van der Waals surface area contributed by atoms with E-state index in [1.165, 1.54) is 11.9 Å². The topological polar surface area (TPSA) is 81.6 Å². The summed E-state index contributed by atoms with van der Waals surface area (Å²) in [5, 5.41) is 1.20. The van der Waals surface area contributed by atoms with E-state index >= 15 is 0 Å². The van der Waals surface area contributed by atoms with Crippen LogP contribution in [-0.4, -0.2) is 30.3 Å². The lowest BCUT2D eigenvalue weighted by molar-refractivity contribution is -0.129. The third kappa shape index (κ3) is 7.70. The molecule has 0 heterocycles. The van der Waals surface area contributed by atoms with E-state index in [1.54, 1.807) is 6.92 Å². The van der Waals surface area contributed by atoms with Crippen molar-refractivity contribution in [3.05, 3.63) is 0 Å². The normalized spacial score (nSPS) is 12.6. The zero-order valence-corrected chi connectivity index (χ0v) is 8.32. The van der Waals surface area contributed by atoms with Gasteiger partial charge >= 0.3 is 0 Å². The smallest absolute Gasteiger partial charge is 0.233 e. The molecule has 0 bridgehead atoms. The Kier molecular flexibility index (Phi) is 6.48. The summed E-state index contributed by atoms with van der Waals surface area (Å²) in [6.07, 6.45) is 1.48. The van der Waals surface area contributed by atoms with E-state index in [0.717, 1.165) is 12.8 Å². The zero-order valence-electron chi connectivity index (χ0n) is 8.32. The minimum absolute atomic E-state index is 0.117. The molecule has 0 aliphatic carbocycles. The van der Waals surface area contributed by atoms with Crippen LogP contribution in [0.1, 0.15) is 26.7 Å². The summed E-state index contributed by atoms with van der Waals surface area (Å²) in [6.45, 7) is 4.41. The summed E-state index contributed by atoms with van der Waals surface area (Å²) >= 11 is 0. The summed E-state index contributed by atoms with van der Waals surface area (Å²) in [5.74, 6) is 5.26. The van der Waals surface area contributed by atoms with E-state index in [1.807, 2.05) is 0 Å². The van der Waals surface area contributed by atoms with Gasteiger partial charge < -0.3 is 10.5 Å². The summed E-state index contributed by atoms with van der Waals surface area (Å²) < 4.78 is 5.12. The van der Waals surface area contributed by atoms with Gasteiger partial charge in [-0.1, -0.05) is 0 Å². The van der Waals surface area contributed by atoms with Crippen molar-refractivity contribution in [2.24, 2.45) is 11.6 Å². The van der Waals surface area contributed by atoms with E-state index in [0.29, 0.717) is 13.2 Å². The van der Waals surface area contributed by atoms with Crippen molar-refractivity contribution in [3.8, 4) is 0 Å². The van der Waals surface area contributed by atoms with Gasteiger partial charge in [-0.3, -0.25) is 9.80 Å². The fourth-order valence-corrected chi connectivity index (χ4v) is 0.811. The second kappa shape index (κ2) is 6.82. The molecule has 1 amide bonds. The monoisotopic (exact) mass is 189 g/mol. The first-order chi connectivity index (χ1) is 6.04. The van der Waals surface area contributed by atoms with Gasteiger partial charge in [0.15, 0.2) is 0 Å². The first-order valence-corrected chi connectivity index (χ1v) is 4.44. The quantitative estimate of drug-likeness (QED) is 0.199. The molecule has 0 aromatic carbocycles. The number of ether oxygens (including phenoxy) is 1. The fraction of sp³-hybridized carbons (Fsp3) is 0.875. The maximum atomic E-state index is 10.7. The highest BCUT2D eigenvalue weighted by molar-refractivity contribution is 5.72. The molecule has 78 valence electrons. The molecule has 13 heavy (non-hydrogen) atoms. The minimum Gasteiger partial charge on any atom is -0.364 e. The molecule has 1 unspecified atom stereocenters. The highest BCUT2D eigenvalue weighted by Gasteiger charge is 2.01. The van der Waals surface area contributed by atoms with Crippen molar-refractivity contribution < 1.29 is 9.53 Å². The van der Waals surface area contributed by atoms with Crippen molar-refractivity contribution in [2.75, 3.05) is 13.2 Å². The fourth-order valence-electron chi connectivity index (χ4n) is 0.811. The lowest BCUT2D eigenvalue weighted by atomic mass is 10.3. The average molecular weight is 189 g/mol. The Bertz CT molecular complexity index is 150. The number of hydrogen-bond donors (Lipinski definition) is 2. The lowest BCUT2D eigenvalue weighted by Gasteiger charge is -2.14. The van der Waals surface area contributed by atoms with Crippen LogP contribution in [-0.2, 0) is 9.53 Å². The van der Waals surface area contributed by atoms with Crippen molar-refractivity contribution in [1.29, 1.82) is 0 Å². The van der Waals surface area contributed by atoms with Crippen LogP contribution in [0.2, 0.25) is 0 Å². The number of unbranched alkanes of at least 4 members (excludes halogenated alkanes) is 1. The Morgan fingerprint density at radius 1 is 1.54 bits per heavy atom. The number of hydrazine groups is 1. The van der Waals surface area contributed by atoms with Gasteiger partial charge in [-0.15, -0.1) is 0 Å². The molecule has 0 aliphatic rings. The van der Waals surface area contributed by atoms with Crippen molar-refractivity contribution in [3.63, 3.8) is 0 Å². The molecule has 5 nitrogen and oxygen atoms in total. The number of nitrogens with zero attached hydrogens (tertiary/aromatic N) is 1. The largest absolute Gasteiger partial charge is 0.364 e. The van der Waals surface area contributed by atoms with E-state index in [2.05, 4.69) is 0 Å². The Labute approximate surface area is 79.0 Å². The Balaban J connectivity index is 3.21. The number of carbonyl (C=O) groups is 1. The second-order valence-electron chi connectivity index (χ2n) is 3.00. The van der Waals surface area contributed by atoms with Crippen molar-refractivity contribution >= 4 is 5.91 Å². The molecule has 0 saturated heterocycles. The predicted octanol–water partition coefficient (Wildman–Crippen LogP) is -0.190. The predicted molar refractivity (Wildman–Crippen MR) is 50.4 cm³/mol. The third-order valence-electron chi connectivity index (χ3n) is 1.58. The molecule has 4 N–H and O–H groups in total. The van der Waals surface area contributed by atoms with Gasteiger partial charge in [0.1, 0.15) is 6.23 Å². The van der Waals surface area contributed by atoms with Gasteiger partial charge in [-0.25, -0.2) is 5.84 Å². The Hall–Kier alpha value is -0.650. The number of carbonyl (C=O) groups excluding carboxylic acids is 1. The number of nitrogens with two attached hydrogens (primary N) is 2. The van der Waals surface area contributed by atoms with Crippen molar-refractivity contribution in [2.45, 2.75) is 32.9 Å². The van der Waals surface area contributed by atoms with Crippen LogP contribution >= 0.6 is 0 Å². The minimum atomic E-state index is -0.221. The van der Waals surface area contributed by atoms with Crippen LogP contribution in [0.4, 0.5) is 0 Å². The van der Waals surface area contributed by atoms with Gasteiger partial charge in [0.05, 0.1) is 0 Å². The van der Waals surface area contributed by atoms with Crippen molar-refractivity contribution in [1.82, 2.24) is 5.01 Å². The van der Waals surface area contributed by atoms with E-state index in [4.69, 9.17) is 16.3 Å². The first kappa shape index (κ1) is 12.3. The second-order valence-corrected chi connectivity index (χ2v) is 3.00. The van der Waals surface area contributed by atoms with E-state index in [-0.39, 0.29) is 12.1 Å². The van der Waals surface area contributed by atoms with Crippen LogP contribution in [0.5, 0.6) is 0 Å². The average Bonchev–Trinajstić information content (AvgIpc) is 2.02. The molecule has 0 fully saturated rings. The SMILES string of the molecule is CC(=O)N(N)CCCCOC(C)N. The van der Waals surface area contributed by atoms with Crippen LogP contribution in [0.25, 0.3) is 0 Å². The lowest BCUT2D eigenvalue weighted by Crippen LogP contribution is -2.36. The molecule has 1 atom stereocenters. The third-order valence-corrected chi connectivity index (χ3v) is 1.58. The molecular formula is C8H19N3O2. The van der Waals surface area contributed by atoms with Crippen LogP contribution < -0.4 is 11.6 Å². The van der Waals surface area contributed by atoms with Gasteiger partial charge in [0.25, 0.3) is 0 Å². The molecule has 0 spiro atoms. The molecule has 0 aromatic rings. The Morgan fingerprint density at radius 3 is 2.62 bits per heavy atom. The van der Waals surface area contributed by atoms with Crippen LogP contribution in [0.3, 0.4) is 0 Å². The molecule has 0 aromatic heterocycles. The standard InChI is InChI=1S/C8H19N3O2/c1-7(9)13-6-4-3-5-11(10)8(2)12/h7H,3-6,9-10H2,1-2H3. The number of hydrogen-bond acceptors (Lipinski definition) is 4. The summed E-state index contributed by atoms with van der Waals surface area (Å²) in [6, 6.07) is 0. The molecule has 0 rings (SSSR count). The molecule has 5 heteroatoms. The summed E-state index contributed by atoms with van der Waals surface area (Å²) in [7, 11) is 0. The van der Waals surface area contributed by atoms with E-state index in [9.17, 15) is 4.79 Å². The van der Waals surface area contributed by atoms with Crippen LogP contribution in [0, 0.1) is 0 Å². The van der Waals surface area contributed by atoms with Gasteiger partial charge in [-0.2, -0.15) is 0 Å². The Morgan fingerprint density at radius 2 is 2.15 bits per heavy atom. The zero-order chi connectivity index (χ0) is 10.3. The molecule has 0 radical (unpaired) electrons. The highest BCUT2D eigenvalue weighted by atomic mass is 16.5. The summed E-state index contributed by atoms with van der Waals surface area (Å²) in [5.41, 5.74) is 5.37. The van der Waals surface area contributed by atoms with Gasteiger partial charge in [0, 0.05) is 20.1 Å². The van der Waals surface area contributed by atoms with Crippen LogP contribution in [0.15, 0.2) is 0 Å². The highest BCUT2D eigenvalue weighted by Crippen LogP contribution is 1.93. The number of amides is 1. The molecule has 0 aliphatic heterocycles. The van der Waals surface area contributed by atoms with Gasteiger partial charge in [-0.05, 0) is 19.8 Å². The number of rotatable bonds is 6. The maximum absolute atomic E-state index is 10.7. The molecule has 0 saturated carbocycles.